The highest BCUT2D eigenvalue weighted by atomic mass is 14.4. The molecule has 0 atom stereocenters. The van der Waals surface area contributed by atoms with Crippen LogP contribution in [0.4, 0.5) is 0 Å². The number of rotatable bonds is 6. The highest BCUT2D eigenvalue weighted by Gasteiger charge is 2.40. The Balaban J connectivity index is 0.000000136. The minimum atomic E-state index is -0.0927. The molecule has 110 heavy (non-hydrogen) atoms. The molecule has 0 fully saturated rings. The molecule has 0 saturated heterocycles. The van der Waals surface area contributed by atoms with Crippen LogP contribution < -0.4 is 0 Å². The molecule has 0 nitrogen and oxygen atoms in total. The van der Waals surface area contributed by atoms with Gasteiger partial charge in [-0.05, 0) is 254 Å². The van der Waals surface area contributed by atoms with E-state index >= 15 is 0 Å². The van der Waals surface area contributed by atoms with E-state index in [0.717, 1.165) is 0 Å². The second-order valence-electron chi connectivity index (χ2n) is 31.5. The van der Waals surface area contributed by atoms with E-state index < -0.39 is 0 Å². The molecule has 0 amide bonds. The van der Waals surface area contributed by atoms with E-state index in [0.29, 0.717) is 0 Å². The van der Waals surface area contributed by atoms with Gasteiger partial charge in [0.25, 0.3) is 0 Å². The fraction of sp³-hybridized carbons (Fsp3) is 0.0545. The van der Waals surface area contributed by atoms with Gasteiger partial charge in [-0.2, -0.15) is 0 Å². The Kier molecular flexibility index (Phi) is 14.2. The molecule has 0 bridgehead atoms. The summed E-state index contributed by atoms with van der Waals surface area (Å²) < 4.78 is 0. The minimum Gasteiger partial charge on any atom is -0.0616 e. The smallest absolute Gasteiger partial charge is 0.0159 e. The highest BCUT2D eigenvalue weighted by Crippen LogP contribution is 2.58. The molecule has 0 heterocycles. The Morgan fingerprint density at radius 2 is 0.436 bits per heavy atom. The van der Waals surface area contributed by atoms with Crippen molar-refractivity contribution in [2.24, 2.45) is 0 Å². The Morgan fingerprint density at radius 3 is 0.882 bits per heavy atom. The molecule has 0 N–H and O–H groups in total. The van der Waals surface area contributed by atoms with Crippen molar-refractivity contribution in [2.75, 3.05) is 0 Å². The van der Waals surface area contributed by atoms with Crippen LogP contribution in [0.2, 0.25) is 0 Å². The van der Waals surface area contributed by atoms with Crippen molar-refractivity contribution in [3.05, 3.63) is 398 Å². The normalized spacial score (nSPS) is 13.2. The first kappa shape index (κ1) is 63.7. The summed E-state index contributed by atoms with van der Waals surface area (Å²) in [6.07, 6.45) is 0. The van der Waals surface area contributed by atoms with Crippen molar-refractivity contribution in [3.8, 4) is 89.0 Å². The van der Waals surface area contributed by atoms with Gasteiger partial charge in [-0.15, -0.1) is 0 Å². The molecule has 0 radical (unpaired) electrons. The summed E-state index contributed by atoms with van der Waals surface area (Å²) in [6, 6.07) is 141. The molecule has 23 rings (SSSR count). The Bertz CT molecular complexity index is 7410. The molecular weight excluding hydrogens is 1320 g/mol. The SMILES string of the molecule is CC1(C)c2cccc(-c3cccc(-c4c5ccccc5c(-c5cc6ccc7ccccc7c6c6ccccc56)c5ccccc45)c3)c2-c2c1ccc1ccccc21.CC1(C)c2cccc(-c3cccc(-c4c5ccccc5c(-c5cc6ccccc6c6ccccc56)c5ccccc45)c3)c2-c2c1ccc1ccccc21. The van der Waals surface area contributed by atoms with Crippen molar-refractivity contribution in [2.45, 2.75) is 38.5 Å². The zero-order valence-corrected chi connectivity index (χ0v) is 61.8. The van der Waals surface area contributed by atoms with Gasteiger partial charge in [-0.25, -0.2) is 0 Å². The number of benzene rings is 21. The maximum Gasteiger partial charge on any atom is 0.0159 e. The van der Waals surface area contributed by atoms with Gasteiger partial charge in [0.2, 0.25) is 0 Å². The fourth-order valence-corrected chi connectivity index (χ4v) is 20.1. The van der Waals surface area contributed by atoms with Gasteiger partial charge in [0, 0.05) is 10.8 Å². The van der Waals surface area contributed by atoms with Crippen LogP contribution >= 0.6 is 0 Å². The van der Waals surface area contributed by atoms with E-state index in [1.165, 1.54) is 230 Å². The molecule has 0 heteroatoms. The van der Waals surface area contributed by atoms with Gasteiger partial charge in [0.15, 0.2) is 0 Å². The first-order valence-corrected chi connectivity index (χ1v) is 38.8. The monoisotopic (exact) mass is 1390 g/mol. The lowest BCUT2D eigenvalue weighted by Gasteiger charge is -2.22. The predicted octanol–water partition coefficient (Wildman–Crippen LogP) is 30.7. The maximum atomic E-state index is 2.44. The van der Waals surface area contributed by atoms with Crippen LogP contribution in [0.25, 0.3) is 208 Å². The molecule has 0 saturated carbocycles. The zero-order valence-electron chi connectivity index (χ0n) is 61.8. The molecule has 514 valence electrons. The Morgan fingerprint density at radius 1 is 0.145 bits per heavy atom. The van der Waals surface area contributed by atoms with Crippen LogP contribution in [0.5, 0.6) is 0 Å². The zero-order chi connectivity index (χ0) is 73.1. The van der Waals surface area contributed by atoms with Crippen LogP contribution in [0.1, 0.15) is 49.9 Å². The third-order valence-electron chi connectivity index (χ3n) is 25.0. The molecule has 0 aliphatic heterocycles. The maximum absolute atomic E-state index is 2.44. The molecule has 0 unspecified atom stereocenters. The average molecular weight is 1400 g/mol. The molecule has 21 aromatic carbocycles. The average Bonchev–Trinajstić information content (AvgIpc) is 1.20. The van der Waals surface area contributed by atoms with E-state index in [-0.39, 0.29) is 10.8 Å². The van der Waals surface area contributed by atoms with E-state index in [1.807, 2.05) is 0 Å². The predicted molar refractivity (Wildman–Crippen MR) is 473 cm³/mol. The lowest BCUT2D eigenvalue weighted by Crippen LogP contribution is -2.14. The summed E-state index contributed by atoms with van der Waals surface area (Å²) in [5.74, 6) is 0. The first-order valence-electron chi connectivity index (χ1n) is 38.8. The third-order valence-corrected chi connectivity index (χ3v) is 25.0. The fourth-order valence-electron chi connectivity index (χ4n) is 20.1. The number of fused-ring (bicyclic) bond motifs is 22. The van der Waals surface area contributed by atoms with Crippen LogP contribution in [0, 0.1) is 0 Å². The van der Waals surface area contributed by atoms with Crippen LogP contribution in [-0.2, 0) is 10.8 Å². The topological polar surface area (TPSA) is 0 Å². The standard InChI is InChI=1S/C57H38.C53H36/c1-57(2)50-28-14-27-42(56(50)55-41-20-6-4-16-36(41)31-32-51(55)57)37-17-13-18-38(33-37)53-45-23-9-11-25-47(45)54(48-26-12-10-24-46(48)53)49-34-39-30-29-35-15-3-5-19-40(35)52(39)44-22-8-7-21-43(44)49;1-53(2)47-28-14-27-39(52(47)51-38-20-6-3-15-33(38)29-30-48(51)53)34-17-13-18-36(31-34)49-42-23-9-11-25-44(42)50(45-26-12-10-24-43(45)49)46-32-35-16-4-5-19-37(35)40-21-7-8-22-41(40)46/h3-34H,1-2H3;3-32H,1-2H3. The second-order valence-corrected chi connectivity index (χ2v) is 31.5. The Hall–Kier alpha value is -13.5. The lowest BCUT2D eigenvalue weighted by atomic mass is 9.81. The summed E-state index contributed by atoms with van der Waals surface area (Å²) in [4.78, 5) is 0. The van der Waals surface area contributed by atoms with Crippen molar-refractivity contribution < 1.29 is 0 Å². The highest BCUT2D eigenvalue weighted by molar-refractivity contribution is 6.30. The molecular formula is C110H74. The van der Waals surface area contributed by atoms with Gasteiger partial charge >= 0.3 is 0 Å². The summed E-state index contributed by atoms with van der Waals surface area (Å²) in [5.41, 5.74) is 26.2. The van der Waals surface area contributed by atoms with Gasteiger partial charge in [0.05, 0.1) is 0 Å². The third kappa shape index (κ3) is 9.46. The molecule has 2 aliphatic carbocycles. The van der Waals surface area contributed by atoms with E-state index in [1.54, 1.807) is 0 Å². The second kappa shape index (κ2) is 24.5. The Labute approximate surface area is 640 Å². The molecule has 2 aliphatic rings. The van der Waals surface area contributed by atoms with Crippen molar-refractivity contribution in [3.63, 3.8) is 0 Å². The lowest BCUT2D eigenvalue weighted by molar-refractivity contribution is 0.661. The summed E-state index contributed by atoms with van der Waals surface area (Å²) in [6.45, 7) is 9.53. The van der Waals surface area contributed by atoms with E-state index in [9.17, 15) is 0 Å². The van der Waals surface area contributed by atoms with E-state index in [4.69, 9.17) is 0 Å². The van der Waals surface area contributed by atoms with Crippen LogP contribution in [0.15, 0.2) is 376 Å². The summed E-state index contributed by atoms with van der Waals surface area (Å²) in [5, 5.41) is 28.2. The number of hydrogen-bond donors (Lipinski definition) is 0. The minimum absolute atomic E-state index is 0.0858. The van der Waals surface area contributed by atoms with E-state index in [2.05, 4.69) is 404 Å². The largest absolute Gasteiger partial charge is 0.0616 e. The van der Waals surface area contributed by atoms with Crippen molar-refractivity contribution >= 4 is 118 Å². The first-order chi connectivity index (χ1) is 54.1. The molecule has 0 spiro atoms. The van der Waals surface area contributed by atoms with Crippen LogP contribution in [0.3, 0.4) is 0 Å². The van der Waals surface area contributed by atoms with Crippen molar-refractivity contribution in [1.29, 1.82) is 0 Å². The van der Waals surface area contributed by atoms with Gasteiger partial charge in [-0.3, -0.25) is 0 Å². The van der Waals surface area contributed by atoms with Gasteiger partial charge < -0.3 is 0 Å². The quantitative estimate of drug-likeness (QED) is 0.115. The van der Waals surface area contributed by atoms with Crippen LogP contribution in [-0.4, -0.2) is 0 Å². The van der Waals surface area contributed by atoms with Crippen molar-refractivity contribution in [1.82, 2.24) is 0 Å². The summed E-state index contributed by atoms with van der Waals surface area (Å²) >= 11 is 0. The summed E-state index contributed by atoms with van der Waals surface area (Å²) in [7, 11) is 0. The van der Waals surface area contributed by atoms with Gasteiger partial charge in [0.1, 0.15) is 0 Å². The molecule has 21 aromatic rings. The number of hydrogen-bond acceptors (Lipinski definition) is 0. The van der Waals surface area contributed by atoms with Gasteiger partial charge in [-0.1, -0.05) is 380 Å². The molecule has 0 aromatic heterocycles.